The quantitative estimate of drug-likeness (QED) is 0.228. The molecule has 0 unspecified atom stereocenters. The van der Waals surface area contributed by atoms with E-state index in [2.05, 4.69) is 68.9 Å². The monoisotopic (exact) mass is 531 g/mol. The molecule has 0 bridgehead atoms. The van der Waals surface area contributed by atoms with Crippen LogP contribution < -0.4 is 0 Å². The van der Waals surface area contributed by atoms with Crippen LogP contribution in [0.5, 0.6) is 5.75 Å². The van der Waals surface area contributed by atoms with E-state index in [9.17, 15) is 5.11 Å². The fraction of sp³-hybridized carbons (Fsp3) is 0.233. The number of allylic oxidation sites excluding steroid dienone is 4. The molecule has 1 nitrogen and oxygen atoms in total. The van der Waals surface area contributed by atoms with Gasteiger partial charge in [0.1, 0.15) is 5.75 Å². The van der Waals surface area contributed by atoms with Crippen LogP contribution in [-0.4, -0.2) is 9.92 Å². The number of rotatable bonds is 0. The summed E-state index contributed by atoms with van der Waals surface area (Å²) in [6.07, 6.45) is 8.33. The molecule has 184 valence electrons. The Morgan fingerprint density at radius 2 is 1.26 bits per heavy atom. The molecule has 1 aliphatic carbocycles. The maximum Gasteiger partial charge on any atom is -0.171 e. The zero-order chi connectivity index (χ0) is 24.2. The van der Waals surface area contributed by atoms with Crippen LogP contribution in [0.25, 0.3) is 0 Å². The van der Waals surface area contributed by atoms with Crippen molar-refractivity contribution in [2.45, 2.75) is 46.5 Å². The van der Waals surface area contributed by atoms with Gasteiger partial charge in [0, 0.05) is 0 Å². The van der Waals surface area contributed by atoms with Gasteiger partial charge in [0.25, 0.3) is 0 Å². The molecule has 0 atom stereocenters. The average Bonchev–Trinajstić information content (AvgIpc) is 3.29. The van der Waals surface area contributed by atoms with Gasteiger partial charge in [-0.15, -0.1) is 31.2 Å². The number of hydrogen-bond acceptors (Lipinski definition) is 1. The van der Waals surface area contributed by atoms with E-state index in [1.807, 2.05) is 73.7 Å². The Balaban J connectivity index is -0.000000378. The summed E-state index contributed by atoms with van der Waals surface area (Å²) < 4.78 is 0. The van der Waals surface area contributed by atoms with Crippen LogP contribution in [0.15, 0.2) is 96.6 Å². The molecule has 3 aromatic carbocycles. The number of hydrogen-bond donors (Lipinski definition) is 1. The van der Waals surface area contributed by atoms with Crippen molar-refractivity contribution in [2.75, 3.05) is 0 Å². The molecule has 1 aliphatic rings. The van der Waals surface area contributed by atoms with Crippen LogP contribution in [0.1, 0.15) is 45.2 Å². The minimum absolute atomic E-state index is 0. The van der Waals surface area contributed by atoms with Gasteiger partial charge in [-0.05, 0) is 35.6 Å². The minimum atomic E-state index is 0. The van der Waals surface area contributed by atoms with Gasteiger partial charge in [0.15, 0.2) is 0 Å². The van der Waals surface area contributed by atoms with Gasteiger partial charge >= 0.3 is 24.8 Å². The predicted octanol–water partition coefficient (Wildman–Crippen LogP) is 8.48. The van der Waals surface area contributed by atoms with Gasteiger partial charge in [-0.1, -0.05) is 33.8 Å². The Morgan fingerprint density at radius 3 is 1.47 bits per heavy atom. The summed E-state index contributed by atoms with van der Waals surface area (Å²) in [5.74, 6) is 0.361. The molecule has 0 fully saturated rings. The van der Waals surface area contributed by atoms with E-state index in [-0.39, 0.29) is 30.2 Å². The van der Waals surface area contributed by atoms with Crippen molar-refractivity contribution in [3.8, 4) is 5.75 Å². The summed E-state index contributed by atoms with van der Waals surface area (Å²) in [5, 5.41) is 9.36. The predicted molar refractivity (Wildman–Crippen MR) is 150 cm³/mol. The zero-order valence-electron chi connectivity index (χ0n) is 20.8. The molecule has 34 heavy (non-hydrogen) atoms. The molecular weight excluding hydrogens is 495 g/mol. The summed E-state index contributed by atoms with van der Waals surface area (Å²) in [7, 11) is 0. The second-order valence-corrected chi connectivity index (χ2v) is 7.93. The summed E-state index contributed by atoms with van der Waals surface area (Å²) in [5.41, 5.74) is 3.68. The van der Waals surface area contributed by atoms with E-state index in [1.54, 1.807) is 26.0 Å². The number of aryl methyl sites for hydroxylation is 1. The van der Waals surface area contributed by atoms with Crippen molar-refractivity contribution in [1.29, 1.82) is 0 Å². The Kier molecular flexibility index (Phi) is 24.7. The molecule has 4 heteroatoms. The zero-order valence-corrected chi connectivity index (χ0v) is 24.0. The summed E-state index contributed by atoms with van der Waals surface area (Å²) >= 11 is 1.75. The Bertz CT molecular complexity index is 794. The average molecular weight is 532 g/mol. The smallest absolute Gasteiger partial charge is 0.171 e. The van der Waals surface area contributed by atoms with Crippen LogP contribution in [0.3, 0.4) is 0 Å². The summed E-state index contributed by atoms with van der Waals surface area (Å²) in [6, 6.07) is 30.7. The summed E-state index contributed by atoms with van der Waals surface area (Å²) in [4.78, 5) is 3.25. The first-order chi connectivity index (χ1) is 15.3. The second-order valence-electron chi connectivity index (χ2n) is 7.93. The van der Waals surface area contributed by atoms with Gasteiger partial charge in [0.2, 0.25) is 0 Å². The molecule has 4 rings (SSSR count). The van der Waals surface area contributed by atoms with E-state index < -0.39 is 0 Å². The maximum absolute atomic E-state index is 9.36. The van der Waals surface area contributed by atoms with Crippen LogP contribution in [0.2, 0.25) is 0 Å². The third kappa shape index (κ3) is 20.7. The Labute approximate surface area is 231 Å². The Morgan fingerprint density at radius 1 is 0.794 bits per heavy atom. The fourth-order valence-electron chi connectivity index (χ4n) is 2.39. The van der Waals surface area contributed by atoms with Gasteiger partial charge in [-0.25, -0.2) is 11.6 Å². The molecule has 0 aliphatic heterocycles. The first-order valence-corrected chi connectivity index (χ1v) is 11.6. The van der Waals surface area contributed by atoms with Crippen LogP contribution in [-0.2, 0) is 25.4 Å². The van der Waals surface area contributed by atoms with Crippen molar-refractivity contribution in [1.82, 2.24) is 0 Å². The molecular formula is C30H37Cl2OTi-3. The van der Waals surface area contributed by atoms with Crippen molar-refractivity contribution in [2.24, 2.45) is 0 Å². The molecule has 0 amide bonds. The third-order valence-corrected chi connectivity index (χ3v) is 4.01. The molecule has 0 saturated heterocycles. The standard InChI is InChI=1S/C11H16O.C6H7.2C6H5.CH2.2ClH.Ti/c1-8-5-9(11(2,3)4)7-10(12)6-8;1-6-4-2-3-5-6;2*1-2-4-6-5-3-1;;;;/h5-7,12H,1-4H3;2,4H,3H2,1H3;2*1-5H;1H2;2*1H;/q;3*-1;;;;. The van der Waals surface area contributed by atoms with Crippen LogP contribution in [0.4, 0.5) is 0 Å². The molecule has 0 saturated carbocycles. The second kappa shape index (κ2) is 22.9. The Hall–Kier alpha value is -1.90. The molecule has 0 spiro atoms. The molecule has 0 radical (unpaired) electrons. The van der Waals surface area contributed by atoms with Crippen molar-refractivity contribution >= 4 is 29.6 Å². The number of phenols is 1. The van der Waals surface area contributed by atoms with Gasteiger partial charge in [-0.2, -0.15) is 78.9 Å². The first-order valence-electron chi connectivity index (χ1n) is 10.5. The van der Waals surface area contributed by atoms with E-state index >= 15 is 0 Å². The number of phenolic OH excluding ortho intramolecular Hbond substituents is 1. The van der Waals surface area contributed by atoms with E-state index in [1.165, 1.54) is 11.1 Å². The van der Waals surface area contributed by atoms with Gasteiger partial charge < -0.3 is 5.11 Å². The molecule has 1 N–H and O–H groups in total. The third-order valence-electron chi connectivity index (χ3n) is 4.01. The number of aromatic hydroxyl groups is 1. The van der Waals surface area contributed by atoms with Crippen molar-refractivity contribution in [3.63, 3.8) is 0 Å². The van der Waals surface area contributed by atoms with Crippen LogP contribution in [0, 0.1) is 25.1 Å². The minimum Gasteiger partial charge on any atom is -0.184 e. The number of benzene rings is 3. The first kappa shape index (κ1) is 36.7. The largest absolute Gasteiger partial charge is 0.184 e. The molecule has 0 heterocycles. The fourth-order valence-corrected chi connectivity index (χ4v) is 2.39. The van der Waals surface area contributed by atoms with Gasteiger partial charge in [0.05, 0.1) is 0 Å². The topological polar surface area (TPSA) is 20.2 Å². The molecule has 0 aromatic heterocycles. The SMILES string of the molecule is CC1=[C-]CC=C1.Cc1cc(O)cc(C(C)(C)C)c1.Cl.Cl.[CH2]=[Ti].[c-]1ccccc1.[c-]1ccccc1. The van der Waals surface area contributed by atoms with Gasteiger partial charge in [-0.3, -0.25) is 6.08 Å². The summed E-state index contributed by atoms with van der Waals surface area (Å²) in [6.45, 7) is 10.5. The van der Waals surface area contributed by atoms with Crippen molar-refractivity contribution < 1.29 is 25.1 Å². The number of halogens is 2. The normalized spacial score (nSPS) is 10.3. The van der Waals surface area contributed by atoms with E-state index in [0.29, 0.717) is 5.75 Å². The van der Waals surface area contributed by atoms with Crippen molar-refractivity contribution in [3.05, 3.63) is 126 Å². The molecule has 3 aromatic rings. The van der Waals surface area contributed by atoms with Crippen LogP contribution >= 0.6 is 24.8 Å². The van der Waals surface area contributed by atoms with E-state index in [0.717, 1.165) is 12.0 Å². The maximum atomic E-state index is 9.36. The van der Waals surface area contributed by atoms with E-state index in [4.69, 9.17) is 0 Å².